The van der Waals surface area contributed by atoms with Crippen molar-refractivity contribution < 1.29 is 18.8 Å². The number of unbranched alkanes of at least 4 members (excludes halogenated alkanes) is 6. The van der Waals surface area contributed by atoms with Gasteiger partial charge in [-0.25, -0.2) is 0 Å². The van der Waals surface area contributed by atoms with Crippen molar-refractivity contribution in [3.8, 4) is 5.75 Å². The van der Waals surface area contributed by atoms with Gasteiger partial charge < -0.3 is 19.4 Å². The molecule has 0 spiro atoms. The van der Waals surface area contributed by atoms with Crippen molar-refractivity contribution in [2.45, 2.75) is 64.7 Å². The summed E-state index contributed by atoms with van der Waals surface area (Å²) >= 11 is 1.79. The van der Waals surface area contributed by atoms with E-state index in [2.05, 4.69) is 46.5 Å². The molecule has 0 radical (unpaired) electrons. The largest absolute Gasteiger partial charge is 0.494 e. The summed E-state index contributed by atoms with van der Waals surface area (Å²) in [6.45, 7) is 8.01. The number of hydrogen-bond donors (Lipinski definition) is 1. The van der Waals surface area contributed by atoms with Crippen LogP contribution in [0.15, 0.2) is 64.8 Å². The Morgan fingerprint density at radius 1 is 0.953 bits per heavy atom. The van der Waals surface area contributed by atoms with Crippen LogP contribution in [0, 0.1) is 0 Å². The Hall–Kier alpha value is -3.36. The summed E-state index contributed by atoms with van der Waals surface area (Å²) in [7, 11) is 0. The zero-order valence-electron chi connectivity index (χ0n) is 25.5. The minimum atomic E-state index is -0.113. The van der Waals surface area contributed by atoms with Crippen molar-refractivity contribution in [3.63, 3.8) is 0 Å². The third-order valence-electron chi connectivity index (χ3n) is 8.73. The van der Waals surface area contributed by atoms with E-state index in [1.54, 1.807) is 11.3 Å². The van der Waals surface area contributed by atoms with E-state index in [9.17, 15) is 9.59 Å². The molecule has 0 unspecified atom stereocenters. The number of H-pyrrole nitrogens is 1. The van der Waals surface area contributed by atoms with E-state index in [4.69, 9.17) is 9.47 Å². The average molecular weight is 605 g/mol. The first kappa shape index (κ1) is 31.1. The molecule has 0 bridgehead atoms. The molecular weight excluding hydrogens is 558 g/mol. The number of fused-ring (bicyclic) bond motifs is 2. The maximum Gasteiger partial charge on any atom is 0.310 e. The van der Waals surface area contributed by atoms with Gasteiger partial charge in [0.1, 0.15) is 5.75 Å². The second-order valence-electron chi connectivity index (χ2n) is 11.9. The Balaban J connectivity index is 1.14. The van der Waals surface area contributed by atoms with Crippen LogP contribution in [-0.2, 0) is 9.53 Å². The molecule has 0 amide bonds. The van der Waals surface area contributed by atoms with Crippen LogP contribution >= 0.6 is 11.3 Å². The van der Waals surface area contributed by atoms with E-state index in [1.165, 1.54) is 47.5 Å². The van der Waals surface area contributed by atoms with Gasteiger partial charge in [0.2, 0.25) is 12.3 Å². The molecule has 8 heteroatoms. The predicted molar refractivity (Wildman–Crippen MR) is 177 cm³/mol. The number of anilines is 1. The van der Waals surface area contributed by atoms with Crippen LogP contribution in [0.2, 0.25) is 0 Å². The Morgan fingerprint density at radius 3 is 2.63 bits per heavy atom. The lowest BCUT2D eigenvalue weighted by molar-refractivity contribution is -0.944. The molecule has 4 aromatic rings. The Kier molecular flexibility index (Phi) is 11.1. The maximum atomic E-state index is 12.7. The number of nitrogens with one attached hydrogen (secondary N) is 1. The van der Waals surface area contributed by atoms with E-state index in [0.29, 0.717) is 19.8 Å². The van der Waals surface area contributed by atoms with E-state index in [-0.39, 0.29) is 11.5 Å². The first-order valence-corrected chi connectivity index (χ1v) is 16.9. The molecule has 0 saturated carbocycles. The van der Waals surface area contributed by atoms with Crippen LogP contribution in [0.5, 0.6) is 5.75 Å². The molecule has 1 fully saturated rings. The topological polar surface area (TPSA) is 71.6 Å². The standard InChI is InChI=1S/C35H45N3O4S/c1-2-3-4-5-6-7-13-35(40)42-27-38(22-19-37(20-23-38)32-11-10-12-33-30(32)18-25-43-33)21-8-9-24-41-29-16-14-28-15-17-34(39)36-31(28)26-29/h10-12,14-18,25-26H,2-9,13,19-24,27H2,1H3/p+1. The zero-order valence-corrected chi connectivity index (χ0v) is 26.3. The summed E-state index contributed by atoms with van der Waals surface area (Å²) in [6.07, 6.45) is 9.40. The Morgan fingerprint density at radius 2 is 1.77 bits per heavy atom. The van der Waals surface area contributed by atoms with Gasteiger partial charge in [-0.1, -0.05) is 45.1 Å². The van der Waals surface area contributed by atoms with Crippen LogP contribution < -0.4 is 15.2 Å². The number of aromatic nitrogens is 1. The fraction of sp³-hybridized carbons (Fsp3) is 0.486. The number of aromatic amines is 1. The number of nitrogens with zero attached hydrogens (tertiary/aromatic N) is 2. The average Bonchev–Trinajstić information content (AvgIpc) is 3.51. The highest BCUT2D eigenvalue weighted by Crippen LogP contribution is 2.32. The SMILES string of the molecule is CCCCCCCCC(=O)OC[N+]1(CCCCOc2ccc3ccc(=O)[nH]c3c2)CCN(c2cccc3sccc23)CC1. The molecule has 7 nitrogen and oxygen atoms in total. The summed E-state index contributed by atoms with van der Waals surface area (Å²) in [5.74, 6) is 0.703. The number of pyridine rings is 1. The third-order valence-corrected chi connectivity index (χ3v) is 9.61. The van der Waals surface area contributed by atoms with Gasteiger partial charge in [0.05, 0.1) is 44.8 Å². The summed E-state index contributed by atoms with van der Waals surface area (Å²) in [4.78, 5) is 29.7. The van der Waals surface area contributed by atoms with Gasteiger partial charge in [-0.2, -0.15) is 0 Å². The van der Waals surface area contributed by atoms with Gasteiger partial charge in [0, 0.05) is 34.3 Å². The van der Waals surface area contributed by atoms with Gasteiger partial charge in [-0.05, 0) is 66.4 Å². The van der Waals surface area contributed by atoms with Gasteiger partial charge in [0.25, 0.3) is 0 Å². The molecule has 5 rings (SSSR count). The summed E-state index contributed by atoms with van der Waals surface area (Å²) < 4.78 is 14.1. The van der Waals surface area contributed by atoms with Crippen molar-refractivity contribution in [2.24, 2.45) is 0 Å². The molecule has 2 aromatic heterocycles. The highest BCUT2D eigenvalue weighted by molar-refractivity contribution is 7.17. The van der Waals surface area contributed by atoms with Crippen molar-refractivity contribution in [3.05, 3.63) is 70.3 Å². The third kappa shape index (κ3) is 8.61. The van der Waals surface area contributed by atoms with Crippen molar-refractivity contribution in [2.75, 3.05) is 51.0 Å². The number of carbonyl (C=O) groups excluding carboxylic acids is 1. The first-order chi connectivity index (χ1) is 21.0. The predicted octanol–water partition coefficient (Wildman–Crippen LogP) is 7.49. The molecule has 43 heavy (non-hydrogen) atoms. The Bertz CT molecular complexity index is 1520. The Labute approximate surface area is 259 Å². The van der Waals surface area contributed by atoms with Crippen molar-refractivity contribution in [1.29, 1.82) is 0 Å². The van der Waals surface area contributed by atoms with Crippen LogP contribution in [0.1, 0.15) is 64.7 Å². The fourth-order valence-electron chi connectivity index (χ4n) is 6.09. The second-order valence-corrected chi connectivity index (χ2v) is 12.8. The highest BCUT2D eigenvalue weighted by atomic mass is 32.1. The number of ether oxygens (including phenoxy) is 2. The number of piperazine rings is 1. The van der Waals surface area contributed by atoms with Gasteiger partial charge >= 0.3 is 5.97 Å². The zero-order chi connectivity index (χ0) is 29.9. The van der Waals surface area contributed by atoms with Crippen LogP contribution in [0.3, 0.4) is 0 Å². The molecule has 230 valence electrons. The van der Waals surface area contributed by atoms with E-state index in [1.807, 2.05) is 24.3 Å². The smallest absolute Gasteiger partial charge is 0.310 e. The molecule has 1 saturated heterocycles. The van der Waals surface area contributed by atoms with Crippen LogP contribution in [-0.4, -0.2) is 61.5 Å². The summed E-state index contributed by atoms with van der Waals surface area (Å²) in [6, 6.07) is 18.0. The van der Waals surface area contributed by atoms with Crippen LogP contribution in [0.25, 0.3) is 21.0 Å². The summed E-state index contributed by atoms with van der Waals surface area (Å²) in [5.41, 5.74) is 1.98. The van der Waals surface area contributed by atoms with Crippen molar-refractivity contribution in [1.82, 2.24) is 4.98 Å². The molecule has 0 aliphatic carbocycles. The van der Waals surface area contributed by atoms with E-state index < -0.39 is 0 Å². The monoisotopic (exact) mass is 604 g/mol. The minimum Gasteiger partial charge on any atom is -0.494 e. The molecule has 1 aliphatic rings. The second kappa shape index (κ2) is 15.4. The normalized spacial score (nSPS) is 14.8. The lowest BCUT2D eigenvalue weighted by atomic mass is 10.1. The number of rotatable bonds is 16. The highest BCUT2D eigenvalue weighted by Gasteiger charge is 2.34. The van der Waals surface area contributed by atoms with E-state index in [0.717, 1.165) is 79.5 Å². The number of esters is 1. The molecule has 2 aromatic carbocycles. The number of thiophene rings is 1. The van der Waals surface area contributed by atoms with Crippen molar-refractivity contribution >= 4 is 44.0 Å². The number of hydrogen-bond acceptors (Lipinski definition) is 6. The van der Waals surface area contributed by atoms with Gasteiger partial charge in [0.15, 0.2) is 0 Å². The fourth-order valence-corrected chi connectivity index (χ4v) is 6.90. The van der Waals surface area contributed by atoms with E-state index >= 15 is 0 Å². The maximum absolute atomic E-state index is 12.7. The summed E-state index contributed by atoms with van der Waals surface area (Å²) in [5, 5.41) is 4.48. The number of carbonyl (C=O) groups is 1. The number of benzene rings is 2. The molecule has 1 N–H and O–H groups in total. The molecular formula is C35H46N3O4S+. The lowest BCUT2D eigenvalue weighted by Gasteiger charge is -2.45. The van der Waals surface area contributed by atoms with Gasteiger partial charge in [-0.3, -0.25) is 14.1 Å². The molecule has 3 heterocycles. The quantitative estimate of drug-likeness (QED) is 0.0815. The molecule has 0 atom stereocenters. The molecule has 1 aliphatic heterocycles. The number of quaternary nitrogens is 1. The lowest BCUT2D eigenvalue weighted by Crippen LogP contribution is -2.61. The minimum absolute atomic E-state index is 0.0591. The van der Waals surface area contributed by atoms with Gasteiger partial charge in [-0.15, -0.1) is 11.3 Å². The first-order valence-electron chi connectivity index (χ1n) is 16.0. The van der Waals surface area contributed by atoms with Crippen LogP contribution in [0.4, 0.5) is 5.69 Å².